The van der Waals surface area contributed by atoms with Crippen molar-refractivity contribution in [3.05, 3.63) is 46.7 Å². The van der Waals surface area contributed by atoms with E-state index in [0.717, 1.165) is 10.2 Å². The highest BCUT2D eigenvalue weighted by Crippen LogP contribution is 2.28. The van der Waals surface area contributed by atoms with Crippen molar-refractivity contribution >= 4 is 33.2 Å². The molecule has 0 atom stereocenters. The molecule has 0 radical (unpaired) electrons. The maximum absolute atomic E-state index is 12.2. The van der Waals surface area contributed by atoms with Crippen LogP contribution in [0.15, 0.2) is 41.1 Å². The fourth-order valence-corrected chi connectivity index (χ4v) is 2.14. The largest absolute Gasteiger partial charge is 0.495 e. The average molecular weight is 336 g/mol. The molecule has 1 heterocycles. The molecule has 0 spiro atoms. The lowest BCUT2D eigenvalue weighted by molar-refractivity contribution is 0.102. The third-order valence-corrected chi connectivity index (χ3v) is 3.40. The highest BCUT2D eigenvalue weighted by molar-refractivity contribution is 9.10. The zero-order chi connectivity index (χ0) is 14.5. The molecule has 0 unspecified atom stereocenters. The number of carbonyl (C=O) groups is 1. The molecule has 2 rings (SSSR count). The molecule has 1 amide bonds. The van der Waals surface area contributed by atoms with Crippen LogP contribution in [0.4, 0.5) is 11.4 Å². The molecule has 0 aliphatic carbocycles. The van der Waals surface area contributed by atoms with E-state index in [1.807, 2.05) is 6.07 Å². The lowest BCUT2D eigenvalue weighted by Crippen LogP contribution is -2.14. The van der Waals surface area contributed by atoms with Gasteiger partial charge in [0.2, 0.25) is 0 Å². The Bertz CT molecular complexity index is 632. The van der Waals surface area contributed by atoms with E-state index in [1.54, 1.807) is 38.6 Å². The molecule has 20 heavy (non-hydrogen) atoms. The topological polar surface area (TPSA) is 63.2 Å². The van der Waals surface area contributed by atoms with Crippen LogP contribution in [-0.2, 0) is 0 Å². The van der Waals surface area contributed by atoms with Gasteiger partial charge in [-0.3, -0.25) is 9.78 Å². The van der Waals surface area contributed by atoms with Crippen molar-refractivity contribution in [3.8, 4) is 5.75 Å². The molecule has 5 nitrogen and oxygen atoms in total. The van der Waals surface area contributed by atoms with E-state index < -0.39 is 0 Å². The average Bonchev–Trinajstić information content (AvgIpc) is 2.49. The molecule has 6 heteroatoms. The zero-order valence-corrected chi connectivity index (χ0v) is 12.7. The first-order valence-electron chi connectivity index (χ1n) is 5.92. The number of methoxy groups -OCH3 is 1. The van der Waals surface area contributed by atoms with Gasteiger partial charge in [0.05, 0.1) is 17.1 Å². The Kier molecular flexibility index (Phi) is 4.57. The highest BCUT2D eigenvalue weighted by Gasteiger charge is 2.12. The fourth-order valence-electron chi connectivity index (χ4n) is 1.73. The van der Waals surface area contributed by atoms with Crippen molar-refractivity contribution in [2.24, 2.45) is 0 Å². The zero-order valence-electron chi connectivity index (χ0n) is 11.1. The molecule has 0 fully saturated rings. The molecule has 104 valence electrons. The Balaban J connectivity index is 2.23. The summed E-state index contributed by atoms with van der Waals surface area (Å²) in [5.74, 6) is 0.426. The molecule has 0 bridgehead atoms. The van der Waals surface area contributed by atoms with Gasteiger partial charge in [0, 0.05) is 36.9 Å². The first-order chi connectivity index (χ1) is 9.65. The minimum absolute atomic E-state index is 0.230. The summed E-state index contributed by atoms with van der Waals surface area (Å²) in [5, 5.41) is 5.78. The van der Waals surface area contributed by atoms with Crippen molar-refractivity contribution in [1.29, 1.82) is 0 Å². The van der Waals surface area contributed by atoms with E-state index in [2.05, 4.69) is 31.5 Å². The molecular weight excluding hydrogens is 322 g/mol. The number of aromatic nitrogens is 1. The first-order valence-corrected chi connectivity index (χ1v) is 6.71. The lowest BCUT2D eigenvalue weighted by atomic mass is 10.2. The molecule has 2 N–H and O–H groups in total. The summed E-state index contributed by atoms with van der Waals surface area (Å²) in [6.45, 7) is 0. The number of nitrogens with one attached hydrogen (secondary N) is 2. The van der Waals surface area contributed by atoms with Crippen molar-refractivity contribution in [3.63, 3.8) is 0 Å². The van der Waals surface area contributed by atoms with E-state index in [-0.39, 0.29) is 5.91 Å². The maximum Gasteiger partial charge on any atom is 0.259 e. The van der Waals surface area contributed by atoms with Gasteiger partial charge < -0.3 is 15.4 Å². The Morgan fingerprint density at radius 2 is 2.15 bits per heavy atom. The normalized spacial score (nSPS) is 9.95. The number of hydrogen-bond acceptors (Lipinski definition) is 4. The molecule has 0 saturated heterocycles. The second kappa shape index (κ2) is 6.38. The molecule has 0 aliphatic heterocycles. The van der Waals surface area contributed by atoms with Crippen LogP contribution in [0.3, 0.4) is 0 Å². The standard InChI is InChI=1S/C14H14BrN3O2/c1-16-12-5-6-17-8-10(12)14(19)18-9-3-4-11(15)13(7-9)20-2/h3-8H,1-2H3,(H,16,17)(H,18,19). The molecular formula is C14H14BrN3O2. The Hall–Kier alpha value is -2.08. The Morgan fingerprint density at radius 3 is 2.85 bits per heavy atom. The number of anilines is 2. The summed E-state index contributed by atoms with van der Waals surface area (Å²) in [7, 11) is 3.33. The predicted molar refractivity (Wildman–Crippen MR) is 82.4 cm³/mol. The van der Waals surface area contributed by atoms with Gasteiger partial charge in [-0.25, -0.2) is 0 Å². The van der Waals surface area contributed by atoms with Crippen LogP contribution in [0.5, 0.6) is 5.75 Å². The quantitative estimate of drug-likeness (QED) is 0.900. The van der Waals surface area contributed by atoms with Gasteiger partial charge in [0.1, 0.15) is 5.75 Å². The minimum Gasteiger partial charge on any atom is -0.495 e. The van der Waals surface area contributed by atoms with E-state index >= 15 is 0 Å². The van der Waals surface area contributed by atoms with Crippen molar-refractivity contribution in [2.45, 2.75) is 0 Å². The van der Waals surface area contributed by atoms with Gasteiger partial charge in [-0.1, -0.05) is 0 Å². The van der Waals surface area contributed by atoms with Crippen LogP contribution >= 0.6 is 15.9 Å². The summed E-state index contributed by atoms with van der Waals surface area (Å²) in [4.78, 5) is 16.2. The predicted octanol–water partition coefficient (Wildman–Crippen LogP) is 3.15. The molecule has 2 aromatic rings. The maximum atomic E-state index is 12.2. The van der Waals surface area contributed by atoms with Crippen LogP contribution in [0.2, 0.25) is 0 Å². The van der Waals surface area contributed by atoms with Crippen molar-refractivity contribution in [1.82, 2.24) is 4.98 Å². The molecule has 0 saturated carbocycles. The Morgan fingerprint density at radius 1 is 1.35 bits per heavy atom. The van der Waals surface area contributed by atoms with Gasteiger partial charge in [-0.15, -0.1) is 0 Å². The van der Waals surface area contributed by atoms with Gasteiger partial charge in [0.25, 0.3) is 5.91 Å². The summed E-state index contributed by atoms with van der Waals surface area (Å²) >= 11 is 3.37. The number of rotatable bonds is 4. The van der Waals surface area contributed by atoms with Gasteiger partial charge in [-0.05, 0) is 34.1 Å². The van der Waals surface area contributed by atoms with Crippen LogP contribution < -0.4 is 15.4 Å². The van der Waals surface area contributed by atoms with E-state index in [0.29, 0.717) is 17.0 Å². The third-order valence-electron chi connectivity index (χ3n) is 2.74. The minimum atomic E-state index is -0.230. The number of carbonyl (C=O) groups excluding carboxylic acids is 1. The second-order valence-corrected chi connectivity index (χ2v) is 4.83. The monoisotopic (exact) mass is 335 g/mol. The smallest absolute Gasteiger partial charge is 0.259 e. The third kappa shape index (κ3) is 3.08. The number of benzene rings is 1. The van der Waals surface area contributed by atoms with E-state index in [1.165, 1.54) is 6.20 Å². The van der Waals surface area contributed by atoms with Crippen LogP contribution in [0, 0.1) is 0 Å². The molecule has 1 aromatic carbocycles. The number of ether oxygens (including phenoxy) is 1. The Labute approximate surface area is 125 Å². The van der Waals surface area contributed by atoms with Crippen LogP contribution in [0.25, 0.3) is 0 Å². The van der Waals surface area contributed by atoms with Crippen molar-refractivity contribution in [2.75, 3.05) is 24.8 Å². The number of pyridine rings is 1. The van der Waals surface area contributed by atoms with Gasteiger partial charge in [-0.2, -0.15) is 0 Å². The highest BCUT2D eigenvalue weighted by atomic mass is 79.9. The SMILES string of the molecule is CNc1ccncc1C(=O)Nc1ccc(Br)c(OC)c1. The summed E-state index contributed by atoms with van der Waals surface area (Å²) in [6, 6.07) is 7.10. The summed E-state index contributed by atoms with van der Waals surface area (Å²) < 4.78 is 6.02. The summed E-state index contributed by atoms with van der Waals surface area (Å²) in [5.41, 5.74) is 1.86. The second-order valence-electron chi connectivity index (χ2n) is 3.97. The number of halogens is 1. The number of hydrogen-bond donors (Lipinski definition) is 2. The summed E-state index contributed by atoms with van der Waals surface area (Å²) in [6.07, 6.45) is 3.16. The van der Waals surface area contributed by atoms with E-state index in [9.17, 15) is 4.79 Å². The van der Waals surface area contributed by atoms with Gasteiger partial charge in [0.15, 0.2) is 0 Å². The van der Waals surface area contributed by atoms with Crippen LogP contribution in [-0.4, -0.2) is 25.0 Å². The van der Waals surface area contributed by atoms with Crippen molar-refractivity contribution < 1.29 is 9.53 Å². The fraction of sp³-hybridized carbons (Fsp3) is 0.143. The first kappa shape index (κ1) is 14.3. The number of nitrogens with zero attached hydrogens (tertiary/aromatic N) is 1. The molecule has 1 aromatic heterocycles. The number of amides is 1. The van der Waals surface area contributed by atoms with E-state index in [4.69, 9.17) is 4.74 Å². The van der Waals surface area contributed by atoms with Gasteiger partial charge >= 0.3 is 0 Å². The van der Waals surface area contributed by atoms with Crippen LogP contribution in [0.1, 0.15) is 10.4 Å². The lowest BCUT2D eigenvalue weighted by Gasteiger charge is -2.10. The molecule has 0 aliphatic rings.